The fourth-order valence-corrected chi connectivity index (χ4v) is 6.70. The Morgan fingerprint density at radius 1 is 1.00 bits per heavy atom. The average molecular weight is 584 g/mol. The molecule has 0 spiro atoms. The van der Waals surface area contributed by atoms with Gasteiger partial charge in [-0.1, -0.05) is 19.1 Å². The number of nitrogens with zero attached hydrogens (tertiary/aromatic N) is 1. The molecule has 3 aliphatic rings. The van der Waals surface area contributed by atoms with Gasteiger partial charge in [-0.25, -0.2) is 0 Å². The number of halogens is 6. The van der Waals surface area contributed by atoms with Crippen molar-refractivity contribution in [2.45, 2.75) is 76.3 Å². The molecule has 2 heterocycles. The first-order chi connectivity index (χ1) is 19.3. The number of carbonyl (C=O) groups is 1. The average Bonchev–Trinajstić information content (AvgIpc) is 3.77. The van der Waals surface area contributed by atoms with Gasteiger partial charge in [0.25, 0.3) is 0 Å². The largest absolute Gasteiger partial charge is 0.416 e. The summed E-state index contributed by atoms with van der Waals surface area (Å²) >= 11 is 0. The lowest BCUT2D eigenvalue weighted by atomic mass is 9.80. The molecule has 0 radical (unpaired) electrons. The van der Waals surface area contributed by atoms with Crippen LogP contribution < -0.4 is 11.2 Å². The van der Waals surface area contributed by atoms with Crippen molar-refractivity contribution in [3.63, 3.8) is 0 Å². The highest BCUT2D eigenvalue weighted by Gasteiger charge is 2.40. The van der Waals surface area contributed by atoms with Gasteiger partial charge >= 0.3 is 18.3 Å². The topological polar surface area (TPSA) is 67.6 Å². The van der Waals surface area contributed by atoms with Crippen LogP contribution in [-0.2, 0) is 35.0 Å². The monoisotopic (exact) mass is 583 g/mol. The lowest BCUT2D eigenvalue weighted by Crippen LogP contribution is -2.41. The van der Waals surface area contributed by atoms with E-state index >= 15 is 0 Å². The second kappa shape index (κ2) is 11.5. The highest BCUT2D eigenvalue weighted by atomic mass is 19.4. The summed E-state index contributed by atoms with van der Waals surface area (Å²) in [5.74, 6) is 5.11. The van der Waals surface area contributed by atoms with E-state index in [1.165, 1.54) is 5.56 Å². The number of benzene rings is 2. The van der Waals surface area contributed by atoms with E-state index in [2.05, 4.69) is 28.4 Å². The molecule has 2 aromatic rings. The molecule has 2 aromatic carbocycles. The van der Waals surface area contributed by atoms with Crippen LogP contribution in [0.4, 0.5) is 32.0 Å². The van der Waals surface area contributed by atoms with Crippen molar-refractivity contribution >= 4 is 11.7 Å². The summed E-state index contributed by atoms with van der Waals surface area (Å²) in [7, 11) is 0. The quantitative estimate of drug-likeness (QED) is 0.274. The zero-order valence-corrected chi connectivity index (χ0v) is 22.8. The number of hydrogen-bond acceptors (Lipinski definition) is 5. The molecule has 0 bridgehead atoms. The summed E-state index contributed by atoms with van der Waals surface area (Å²) in [5.41, 5.74) is 0.884. The Morgan fingerprint density at radius 3 is 2.32 bits per heavy atom. The molecule has 5 rings (SSSR count). The number of aryl methyl sites for hydroxylation is 1. The lowest BCUT2D eigenvalue weighted by molar-refractivity contribution is -0.149. The third-order valence-electron chi connectivity index (χ3n) is 9.07. The van der Waals surface area contributed by atoms with E-state index < -0.39 is 29.4 Å². The van der Waals surface area contributed by atoms with Crippen molar-refractivity contribution in [3.8, 4) is 0 Å². The SMILES string of the molecule is C[C@H](C(=O)ON)[C@H](c1ccc2c(c1)NC(C1CCN(Cc3cc(C(F)(F)F)ccc3C(F)(F)F)CC1)CC2)C1CC1. The molecule has 0 aromatic heterocycles. The van der Waals surface area contributed by atoms with E-state index in [1.807, 2.05) is 11.8 Å². The van der Waals surface area contributed by atoms with Crippen LogP contribution in [0.5, 0.6) is 0 Å². The van der Waals surface area contributed by atoms with Gasteiger partial charge in [0, 0.05) is 18.3 Å². The molecular weight excluding hydrogens is 548 g/mol. The van der Waals surface area contributed by atoms with E-state index in [-0.39, 0.29) is 35.9 Å². The number of carbonyl (C=O) groups excluding carboxylic acids is 1. The zero-order chi connectivity index (χ0) is 29.5. The summed E-state index contributed by atoms with van der Waals surface area (Å²) in [4.78, 5) is 18.5. The van der Waals surface area contributed by atoms with Gasteiger partial charge in [-0.3, -0.25) is 9.69 Å². The Hall–Kier alpha value is -2.79. The van der Waals surface area contributed by atoms with Crippen LogP contribution >= 0.6 is 0 Å². The van der Waals surface area contributed by atoms with Gasteiger partial charge in [-0.2, -0.15) is 32.2 Å². The highest BCUT2D eigenvalue weighted by Crippen LogP contribution is 2.48. The molecule has 3 N–H and O–H groups in total. The van der Waals surface area contributed by atoms with Crippen LogP contribution in [0.2, 0.25) is 0 Å². The minimum absolute atomic E-state index is 0.0270. The van der Waals surface area contributed by atoms with Crippen molar-refractivity contribution in [1.82, 2.24) is 4.90 Å². The van der Waals surface area contributed by atoms with Crippen LogP contribution in [-0.4, -0.2) is 30.0 Å². The standard InChI is InChI=1S/C30H35F6N3O2/c1-17(28(40)41-37)27(20-3-4-20)21-5-2-18-6-9-25(38-26(18)15-21)19-10-12-39(13-11-19)16-22-14-23(29(31,32)33)7-8-24(22)30(34,35)36/h2,5,7-8,14-15,17,19-20,25,27,38H,3-4,6,9-13,16,37H2,1H3/t17-,25?,27-/m0/s1. The van der Waals surface area contributed by atoms with Crippen LogP contribution in [0, 0.1) is 17.8 Å². The fourth-order valence-electron chi connectivity index (χ4n) is 6.70. The number of hydrogen-bond donors (Lipinski definition) is 2. The maximum Gasteiger partial charge on any atom is 0.416 e. The van der Waals surface area contributed by atoms with Gasteiger partial charge in [0.2, 0.25) is 0 Å². The van der Waals surface area contributed by atoms with Gasteiger partial charge in [-0.05, 0) is 110 Å². The number of alkyl halides is 6. The minimum atomic E-state index is -4.73. The molecule has 1 unspecified atom stereocenters. The number of fused-ring (bicyclic) bond motifs is 1. The Balaban J connectivity index is 1.24. The van der Waals surface area contributed by atoms with E-state index in [0.717, 1.165) is 49.8 Å². The molecule has 11 heteroatoms. The van der Waals surface area contributed by atoms with Crippen molar-refractivity contribution in [2.24, 2.45) is 23.7 Å². The van der Waals surface area contributed by atoms with Crippen LogP contribution in [0.3, 0.4) is 0 Å². The smallest absolute Gasteiger partial charge is 0.382 e. The maximum atomic E-state index is 13.5. The predicted octanol–water partition coefficient (Wildman–Crippen LogP) is 6.91. The Labute approximate surface area is 235 Å². The highest BCUT2D eigenvalue weighted by molar-refractivity contribution is 5.73. The summed E-state index contributed by atoms with van der Waals surface area (Å²) in [6.07, 6.45) is -4.04. The zero-order valence-electron chi connectivity index (χ0n) is 22.8. The van der Waals surface area contributed by atoms with E-state index in [9.17, 15) is 31.1 Å². The number of anilines is 1. The van der Waals surface area contributed by atoms with Gasteiger partial charge < -0.3 is 10.2 Å². The first-order valence-electron chi connectivity index (χ1n) is 14.1. The molecule has 1 aliphatic carbocycles. The molecule has 41 heavy (non-hydrogen) atoms. The maximum absolute atomic E-state index is 13.5. The molecule has 1 saturated carbocycles. The summed E-state index contributed by atoms with van der Waals surface area (Å²) < 4.78 is 80.3. The number of rotatable bonds is 7. The van der Waals surface area contributed by atoms with Gasteiger partial charge in [0.15, 0.2) is 0 Å². The minimum Gasteiger partial charge on any atom is -0.382 e. The number of likely N-dealkylation sites (tertiary alicyclic amines) is 1. The lowest BCUT2D eigenvalue weighted by Gasteiger charge is -2.39. The van der Waals surface area contributed by atoms with Crippen LogP contribution in [0.1, 0.15) is 72.8 Å². The van der Waals surface area contributed by atoms with Gasteiger partial charge in [0.1, 0.15) is 0 Å². The third-order valence-corrected chi connectivity index (χ3v) is 9.07. The summed E-state index contributed by atoms with van der Waals surface area (Å²) in [5, 5.41) is 3.69. The van der Waals surface area contributed by atoms with Gasteiger partial charge in [-0.15, -0.1) is 0 Å². The van der Waals surface area contributed by atoms with Crippen molar-refractivity contribution in [3.05, 3.63) is 64.2 Å². The molecule has 5 nitrogen and oxygen atoms in total. The Bertz CT molecular complexity index is 1250. The third kappa shape index (κ3) is 6.66. The molecule has 2 aliphatic heterocycles. The first kappa shape index (κ1) is 29.7. The number of nitrogens with one attached hydrogen (secondary N) is 1. The van der Waals surface area contributed by atoms with Crippen LogP contribution in [0.15, 0.2) is 36.4 Å². The first-order valence-corrected chi connectivity index (χ1v) is 14.1. The predicted molar refractivity (Wildman–Crippen MR) is 142 cm³/mol. The second-order valence-electron chi connectivity index (χ2n) is 11.8. The molecular formula is C30H35F6N3O2. The Morgan fingerprint density at radius 2 is 1.71 bits per heavy atom. The molecule has 224 valence electrons. The fraction of sp³-hybridized carbons (Fsp3) is 0.567. The Kier molecular flexibility index (Phi) is 8.31. The summed E-state index contributed by atoms with van der Waals surface area (Å²) in [6.45, 7) is 2.68. The van der Waals surface area contributed by atoms with Gasteiger partial charge in [0.05, 0.1) is 17.0 Å². The summed E-state index contributed by atoms with van der Waals surface area (Å²) in [6, 6.07) is 8.18. The normalized spacial score (nSPS) is 22.0. The number of piperidine rings is 1. The van der Waals surface area contributed by atoms with E-state index in [0.29, 0.717) is 37.2 Å². The van der Waals surface area contributed by atoms with Crippen molar-refractivity contribution < 1.29 is 36.0 Å². The number of nitrogens with two attached hydrogens (primary N) is 1. The van der Waals surface area contributed by atoms with E-state index in [4.69, 9.17) is 5.90 Å². The second-order valence-corrected chi connectivity index (χ2v) is 11.8. The molecule has 3 atom stereocenters. The molecule has 1 saturated heterocycles. The van der Waals surface area contributed by atoms with E-state index in [1.54, 1.807) is 0 Å². The van der Waals surface area contributed by atoms with Crippen LogP contribution in [0.25, 0.3) is 0 Å². The van der Waals surface area contributed by atoms with Crippen molar-refractivity contribution in [1.29, 1.82) is 0 Å². The molecule has 0 amide bonds. The van der Waals surface area contributed by atoms with Crippen molar-refractivity contribution in [2.75, 3.05) is 18.4 Å². The molecule has 2 fully saturated rings.